The van der Waals surface area contributed by atoms with E-state index in [1.807, 2.05) is 20.8 Å². The first-order chi connectivity index (χ1) is 6.52. The second-order valence-electron chi connectivity index (χ2n) is 4.26. The zero-order chi connectivity index (χ0) is 10.7. The van der Waals surface area contributed by atoms with Crippen LogP contribution >= 0.6 is 0 Å². The fourth-order valence-electron chi connectivity index (χ4n) is 1.93. The molecule has 1 rings (SSSR count). The second-order valence-corrected chi connectivity index (χ2v) is 6.32. The normalized spacial score (nSPS) is 34.0. The van der Waals surface area contributed by atoms with Crippen LogP contribution in [-0.4, -0.2) is 33.5 Å². The molecule has 2 N–H and O–H groups in total. The Morgan fingerprint density at radius 2 is 2.21 bits per heavy atom. The van der Waals surface area contributed by atoms with Crippen LogP contribution in [0.15, 0.2) is 0 Å². The Balaban J connectivity index is 2.47. The Morgan fingerprint density at radius 1 is 1.57 bits per heavy atom. The van der Waals surface area contributed by atoms with Crippen LogP contribution in [-0.2, 0) is 15.5 Å². The molecule has 14 heavy (non-hydrogen) atoms. The molecule has 1 fully saturated rings. The van der Waals surface area contributed by atoms with Crippen molar-refractivity contribution in [2.24, 2.45) is 5.73 Å². The van der Waals surface area contributed by atoms with E-state index in [0.29, 0.717) is 0 Å². The van der Waals surface area contributed by atoms with Gasteiger partial charge in [-0.05, 0) is 26.7 Å². The molecule has 5 unspecified atom stereocenters. The van der Waals surface area contributed by atoms with E-state index < -0.39 is 10.8 Å². The summed E-state index contributed by atoms with van der Waals surface area (Å²) in [7, 11) is -0.796. The van der Waals surface area contributed by atoms with Gasteiger partial charge in [0.25, 0.3) is 0 Å². The molecular formula is C10H21NO2S. The first kappa shape index (κ1) is 12.1. The highest BCUT2D eigenvalue weighted by molar-refractivity contribution is 7.86. The van der Waals surface area contributed by atoms with Gasteiger partial charge in [-0.3, -0.25) is 4.21 Å². The molecule has 1 heterocycles. The Hall–Kier alpha value is 0.0700. The third-order valence-electron chi connectivity index (χ3n) is 2.71. The van der Waals surface area contributed by atoms with Crippen LogP contribution in [0.3, 0.4) is 0 Å². The van der Waals surface area contributed by atoms with Gasteiger partial charge in [0.2, 0.25) is 0 Å². The van der Waals surface area contributed by atoms with Crippen LogP contribution in [0.25, 0.3) is 0 Å². The molecule has 1 aliphatic rings. The Bertz CT molecular complexity index is 208. The first-order valence-corrected chi connectivity index (χ1v) is 6.56. The van der Waals surface area contributed by atoms with Gasteiger partial charge < -0.3 is 10.5 Å². The molecule has 0 bridgehead atoms. The molecule has 0 spiro atoms. The highest BCUT2D eigenvalue weighted by atomic mass is 32.2. The number of nitrogens with two attached hydrogens (primary N) is 1. The van der Waals surface area contributed by atoms with E-state index in [-0.39, 0.29) is 22.6 Å². The van der Waals surface area contributed by atoms with Gasteiger partial charge in [-0.2, -0.15) is 0 Å². The number of hydrogen-bond acceptors (Lipinski definition) is 3. The van der Waals surface area contributed by atoms with Crippen LogP contribution in [0.1, 0.15) is 33.6 Å². The summed E-state index contributed by atoms with van der Waals surface area (Å²) in [5.74, 6) is 0. The smallest absolute Gasteiger partial charge is 0.0691 e. The van der Waals surface area contributed by atoms with Gasteiger partial charge in [0.1, 0.15) is 0 Å². The third kappa shape index (κ3) is 3.04. The third-order valence-corrected chi connectivity index (χ3v) is 4.91. The maximum absolute atomic E-state index is 12.1. The van der Waals surface area contributed by atoms with Crippen molar-refractivity contribution in [1.29, 1.82) is 0 Å². The maximum atomic E-state index is 12.1. The molecule has 0 aromatic rings. The zero-order valence-corrected chi connectivity index (χ0v) is 10.0. The molecule has 3 nitrogen and oxygen atoms in total. The second kappa shape index (κ2) is 5.24. The van der Waals surface area contributed by atoms with Crippen molar-refractivity contribution in [3.05, 3.63) is 0 Å². The summed E-state index contributed by atoms with van der Waals surface area (Å²) in [6, 6.07) is 0.131. The Morgan fingerprint density at radius 3 is 2.64 bits per heavy atom. The summed E-state index contributed by atoms with van der Waals surface area (Å²) in [6.07, 6.45) is 1.90. The topological polar surface area (TPSA) is 52.3 Å². The predicted octanol–water partition coefficient (Wildman–Crippen LogP) is 1.04. The molecule has 5 atom stereocenters. The minimum atomic E-state index is -0.796. The predicted molar refractivity (Wildman–Crippen MR) is 59.7 cm³/mol. The summed E-state index contributed by atoms with van der Waals surface area (Å²) in [5, 5.41) is 0.396. The lowest BCUT2D eigenvalue weighted by atomic mass is 10.2. The quantitative estimate of drug-likeness (QED) is 0.768. The summed E-state index contributed by atoms with van der Waals surface area (Å²) in [4.78, 5) is 0. The lowest BCUT2D eigenvalue weighted by molar-refractivity contribution is 0.126. The van der Waals surface area contributed by atoms with E-state index in [2.05, 4.69) is 0 Å². The lowest BCUT2D eigenvalue weighted by Gasteiger charge is -2.20. The van der Waals surface area contributed by atoms with E-state index in [1.165, 1.54) is 0 Å². The van der Waals surface area contributed by atoms with Crippen molar-refractivity contribution >= 4 is 10.8 Å². The molecule has 0 aliphatic carbocycles. The van der Waals surface area contributed by atoms with Crippen molar-refractivity contribution in [2.75, 3.05) is 6.61 Å². The first-order valence-electron chi connectivity index (χ1n) is 5.29. The van der Waals surface area contributed by atoms with Crippen LogP contribution in [0.2, 0.25) is 0 Å². The van der Waals surface area contributed by atoms with Gasteiger partial charge in [-0.15, -0.1) is 0 Å². The van der Waals surface area contributed by atoms with Gasteiger partial charge in [-0.25, -0.2) is 0 Å². The molecule has 4 heteroatoms. The van der Waals surface area contributed by atoms with E-state index in [4.69, 9.17) is 10.5 Å². The number of hydrogen-bond donors (Lipinski definition) is 1. The Kier molecular flexibility index (Phi) is 4.54. The largest absolute Gasteiger partial charge is 0.377 e. The summed E-state index contributed by atoms with van der Waals surface area (Å²) >= 11 is 0. The van der Waals surface area contributed by atoms with Gasteiger partial charge in [-0.1, -0.05) is 6.92 Å². The van der Waals surface area contributed by atoms with Crippen LogP contribution in [0.4, 0.5) is 0 Å². The van der Waals surface area contributed by atoms with E-state index in [0.717, 1.165) is 19.4 Å². The average Bonchev–Trinajstić information content (AvgIpc) is 2.48. The molecule has 0 saturated carbocycles. The molecular weight excluding hydrogens is 198 g/mol. The zero-order valence-electron chi connectivity index (χ0n) is 9.23. The highest BCUT2D eigenvalue weighted by Gasteiger charge is 2.32. The molecule has 84 valence electrons. The van der Waals surface area contributed by atoms with Crippen LogP contribution in [0.5, 0.6) is 0 Å². The van der Waals surface area contributed by atoms with Crippen molar-refractivity contribution in [3.8, 4) is 0 Å². The fraction of sp³-hybridized carbons (Fsp3) is 1.00. The summed E-state index contributed by atoms with van der Waals surface area (Å²) in [6.45, 7) is 6.74. The molecule has 0 aromatic carbocycles. The van der Waals surface area contributed by atoms with E-state index >= 15 is 0 Å². The SMILES string of the molecule is CC(N)CC(C)S(=O)C1CCOC1C. The minimum Gasteiger partial charge on any atom is -0.377 e. The monoisotopic (exact) mass is 219 g/mol. The molecule has 0 amide bonds. The van der Waals surface area contributed by atoms with Gasteiger partial charge in [0.05, 0.1) is 11.4 Å². The van der Waals surface area contributed by atoms with Crippen molar-refractivity contribution < 1.29 is 8.95 Å². The van der Waals surface area contributed by atoms with Gasteiger partial charge in [0.15, 0.2) is 0 Å². The highest BCUT2D eigenvalue weighted by Crippen LogP contribution is 2.22. The number of ether oxygens (including phenoxy) is 1. The van der Waals surface area contributed by atoms with E-state index in [1.54, 1.807) is 0 Å². The van der Waals surface area contributed by atoms with E-state index in [9.17, 15) is 4.21 Å². The van der Waals surface area contributed by atoms with Crippen LogP contribution < -0.4 is 5.73 Å². The standard InChI is InChI=1S/C10H21NO2S/c1-7(11)6-8(2)14(12)10-4-5-13-9(10)3/h7-10H,4-6,11H2,1-3H3. The summed E-state index contributed by atoms with van der Waals surface area (Å²) < 4.78 is 17.5. The molecule has 0 aromatic heterocycles. The minimum absolute atomic E-state index is 0.131. The maximum Gasteiger partial charge on any atom is 0.0691 e. The van der Waals surface area contributed by atoms with Crippen molar-refractivity contribution in [1.82, 2.24) is 0 Å². The van der Waals surface area contributed by atoms with Gasteiger partial charge >= 0.3 is 0 Å². The number of rotatable bonds is 4. The van der Waals surface area contributed by atoms with Crippen molar-refractivity contribution in [3.63, 3.8) is 0 Å². The molecule has 0 radical (unpaired) electrons. The summed E-state index contributed by atoms with van der Waals surface area (Å²) in [5.41, 5.74) is 5.70. The molecule has 1 aliphatic heterocycles. The Labute approximate surface area is 88.8 Å². The van der Waals surface area contributed by atoms with Crippen LogP contribution in [0, 0.1) is 0 Å². The molecule has 1 saturated heterocycles. The van der Waals surface area contributed by atoms with Crippen molar-refractivity contribution in [2.45, 2.75) is 56.3 Å². The fourth-order valence-corrected chi connectivity index (χ4v) is 3.81. The lowest BCUT2D eigenvalue weighted by Crippen LogP contribution is -2.32. The van der Waals surface area contributed by atoms with Gasteiger partial charge in [0, 0.05) is 28.7 Å². The average molecular weight is 219 g/mol.